The van der Waals surface area contributed by atoms with Crippen LogP contribution in [0.15, 0.2) is 35.7 Å². The normalized spacial score (nSPS) is 13.6. The monoisotopic (exact) mass is 339 g/mol. The molecule has 0 saturated heterocycles. The van der Waals surface area contributed by atoms with Gasteiger partial charge >= 0.3 is 0 Å². The van der Waals surface area contributed by atoms with Crippen LogP contribution < -0.4 is 5.32 Å². The highest BCUT2D eigenvalue weighted by atomic mass is 32.1. The van der Waals surface area contributed by atoms with Gasteiger partial charge in [0.25, 0.3) is 0 Å². The molecule has 2 N–H and O–H groups in total. The number of thiophene rings is 1. The molecule has 2 aromatic rings. The minimum absolute atomic E-state index is 0.0437. The van der Waals surface area contributed by atoms with Crippen molar-refractivity contribution in [3.05, 3.63) is 57.8 Å². The van der Waals surface area contributed by atoms with E-state index in [4.69, 9.17) is 0 Å². The van der Waals surface area contributed by atoms with Crippen molar-refractivity contribution in [1.82, 2.24) is 5.32 Å². The van der Waals surface area contributed by atoms with Gasteiger partial charge in [0.15, 0.2) is 0 Å². The Hall–Kier alpha value is -1.79. The number of benzene rings is 1. The van der Waals surface area contributed by atoms with Crippen LogP contribution in [0.4, 0.5) is 8.78 Å². The molecule has 1 heterocycles. The Morgan fingerprint density at radius 2 is 2.13 bits per heavy atom. The Bertz CT molecular complexity index is 657. The van der Waals surface area contributed by atoms with Crippen LogP contribution in [0.1, 0.15) is 30.2 Å². The topological polar surface area (TPSA) is 49.3 Å². The maximum absolute atomic E-state index is 13.7. The molecule has 1 amide bonds. The minimum atomic E-state index is -1.60. The van der Waals surface area contributed by atoms with Crippen molar-refractivity contribution in [1.29, 1.82) is 0 Å². The summed E-state index contributed by atoms with van der Waals surface area (Å²) >= 11 is 1.65. The molecule has 3 nitrogen and oxygen atoms in total. The maximum atomic E-state index is 13.7. The van der Waals surface area contributed by atoms with Crippen LogP contribution in [0.2, 0.25) is 0 Å². The smallest absolute Gasteiger partial charge is 0.220 e. The first kappa shape index (κ1) is 17.6. The Morgan fingerprint density at radius 1 is 1.35 bits per heavy atom. The predicted octanol–water partition coefficient (Wildman–Crippen LogP) is 3.37. The second-order valence-electron chi connectivity index (χ2n) is 5.61. The number of aliphatic hydroxyl groups is 1. The molecule has 0 fully saturated rings. The van der Waals surface area contributed by atoms with Gasteiger partial charge < -0.3 is 10.4 Å². The van der Waals surface area contributed by atoms with Gasteiger partial charge in [-0.15, -0.1) is 11.3 Å². The average molecular weight is 339 g/mol. The van der Waals surface area contributed by atoms with Crippen LogP contribution in [0.3, 0.4) is 0 Å². The van der Waals surface area contributed by atoms with Gasteiger partial charge in [-0.2, -0.15) is 0 Å². The third-order valence-corrected chi connectivity index (χ3v) is 4.48. The lowest BCUT2D eigenvalue weighted by atomic mass is 9.95. The van der Waals surface area contributed by atoms with Gasteiger partial charge in [-0.1, -0.05) is 12.1 Å². The molecule has 0 aliphatic rings. The number of carbonyl (C=O) groups excluding carboxylic acids is 1. The first-order valence-electron chi connectivity index (χ1n) is 7.35. The largest absolute Gasteiger partial charge is 0.383 e. The van der Waals surface area contributed by atoms with Crippen LogP contribution in [0, 0.1) is 11.6 Å². The summed E-state index contributed by atoms with van der Waals surface area (Å²) < 4.78 is 26.6. The highest BCUT2D eigenvalue weighted by molar-refractivity contribution is 7.09. The second kappa shape index (κ2) is 7.66. The van der Waals surface area contributed by atoms with Gasteiger partial charge in [0.2, 0.25) is 5.91 Å². The van der Waals surface area contributed by atoms with Gasteiger partial charge in [-0.05, 0) is 37.3 Å². The van der Waals surface area contributed by atoms with Crippen molar-refractivity contribution in [2.75, 3.05) is 6.54 Å². The molecule has 1 unspecified atom stereocenters. The zero-order valence-corrected chi connectivity index (χ0v) is 13.6. The Morgan fingerprint density at radius 3 is 2.78 bits per heavy atom. The molecule has 0 saturated carbocycles. The van der Waals surface area contributed by atoms with E-state index in [1.807, 2.05) is 17.5 Å². The average Bonchev–Trinajstić information content (AvgIpc) is 2.98. The number of nitrogens with one attached hydrogen (secondary N) is 1. The quantitative estimate of drug-likeness (QED) is 0.812. The number of rotatable bonds is 7. The zero-order chi connectivity index (χ0) is 16.9. The summed E-state index contributed by atoms with van der Waals surface area (Å²) in [5.74, 6) is -1.74. The van der Waals surface area contributed by atoms with Crippen LogP contribution >= 0.6 is 11.3 Å². The summed E-state index contributed by atoms with van der Waals surface area (Å²) in [6.07, 6.45) is 1.87. The lowest BCUT2D eigenvalue weighted by Crippen LogP contribution is -2.39. The van der Waals surface area contributed by atoms with Crippen LogP contribution in [-0.2, 0) is 16.8 Å². The minimum Gasteiger partial charge on any atom is -0.383 e. The fourth-order valence-electron chi connectivity index (χ4n) is 2.26. The van der Waals surface area contributed by atoms with Crippen molar-refractivity contribution in [3.8, 4) is 0 Å². The Labute approximate surface area is 138 Å². The summed E-state index contributed by atoms with van der Waals surface area (Å²) in [6, 6.07) is 6.97. The lowest BCUT2D eigenvalue weighted by Gasteiger charge is -2.24. The van der Waals surface area contributed by atoms with Crippen LogP contribution in [0.25, 0.3) is 0 Å². The van der Waals surface area contributed by atoms with E-state index in [2.05, 4.69) is 5.32 Å². The fraction of sp³-hybridized carbons (Fsp3) is 0.353. The van der Waals surface area contributed by atoms with Crippen molar-refractivity contribution < 1.29 is 18.7 Å². The molecule has 6 heteroatoms. The van der Waals surface area contributed by atoms with Gasteiger partial charge in [-0.25, -0.2) is 8.78 Å². The number of halogens is 2. The molecular weight excluding hydrogens is 320 g/mol. The van der Waals surface area contributed by atoms with Gasteiger partial charge in [0.05, 0.1) is 6.54 Å². The molecule has 2 rings (SSSR count). The summed E-state index contributed by atoms with van der Waals surface area (Å²) in [5, 5.41) is 14.9. The van der Waals surface area contributed by atoms with Gasteiger partial charge in [-0.3, -0.25) is 4.79 Å². The molecule has 0 aliphatic carbocycles. The standard InChI is InChI=1S/C17H19F2NO2S/c1-17(22,14-8-7-12(18)10-15(14)19)11-20-16(21)6-2-4-13-5-3-9-23-13/h3,5,7-10,22H,2,4,6,11H2,1H3,(H,20,21). The molecule has 0 aliphatic heterocycles. The zero-order valence-electron chi connectivity index (χ0n) is 12.8. The highest BCUT2D eigenvalue weighted by Gasteiger charge is 2.27. The molecule has 0 spiro atoms. The van der Waals surface area contributed by atoms with Crippen molar-refractivity contribution >= 4 is 17.2 Å². The second-order valence-corrected chi connectivity index (χ2v) is 6.64. The number of hydrogen-bond donors (Lipinski definition) is 2. The van der Waals surface area contributed by atoms with Gasteiger partial charge in [0, 0.05) is 22.9 Å². The highest BCUT2D eigenvalue weighted by Crippen LogP contribution is 2.23. The van der Waals surface area contributed by atoms with Crippen molar-refractivity contribution in [3.63, 3.8) is 0 Å². The SMILES string of the molecule is CC(O)(CNC(=O)CCCc1cccs1)c1ccc(F)cc1F. The number of amides is 1. The van der Waals surface area contributed by atoms with E-state index in [9.17, 15) is 18.7 Å². The lowest BCUT2D eigenvalue weighted by molar-refractivity contribution is -0.122. The Balaban J connectivity index is 1.82. The third-order valence-electron chi connectivity index (χ3n) is 3.55. The molecule has 1 atom stereocenters. The van der Waals surface area contributed by atoms with Gasteiger partial charge in [0.1, 0.15) is 17.2 Å². The van der Waals surface area contributed by atoms with E-state index in [0.29, 0.717) is 18.9 Å². The first-order valence-corrected chi connectivity index (χ1v) is 8.23. The van der Waals surface area contributed by atoms with E-state index in [0.717, 1.165) is 12.5 Å². The van der Waals surface area contributed by atoms with Crippen LogP contribution in [-0.4, -0.2) is 17.6 Å². The molecule has 1 aromatic carbocycles. The number of hydrogen-bond acceptors (Lipinski definition) is 3. The third kappa shape index (κ3) is 5.11. The van der Waals surface area contributed by atoms with E-state index in [-0.39, 0.29) is 18.0 Å². The van der Waals surface area contributed by atoms with E-state index in [1.54, 1.807) is 11.3 Å². The summed E-state index contributed by atoms with van der Waals surface area (Å²) in [5.41, 5.74) is -1.64. The predicted molar refractivity (Wildman–Crippen MR) is 86.2 cm³/mol. The fourth-order valence-corrected chi connectivity index (χ4v) is 3.01. The first-order chi connectivity index (χ1) is 10.9. The molecule has 124 valence electrons. The van der Waals surface area contributed by atoms with E-state index >= 15 is 0 Å². The molecule has 0 radical (unpaired) electrons. The summed E-state index contributed by atoms with van der Waals surface area (Å²) in [4.78, 5) is 13.0. The van der Waals surface area contributed by atoms with E-state index < -0.39 is 17.2 Å². The number of carbonyl (C=O) groups is 1. The molecule has 23 heavy (non-hydrogen) atoms. The van der Waals surface area contributed by atoms with Crippen molar-refractivity contribution in [2.24, 2.45) is 0 Å². The maximum Gasteiger partial charge on any atom is 0.220 e. The van der Waals surface area contributed by atoms with Crippen molar-refractivity contribution in [2.45, 2.75) is 31.8 Å². The van der Waals surface area contributed by atoms with Crippen LogP contribution in [0.5, 0.6) is 0 Å². The molecule has 0 bridgehead atoms. The van der Waals surface area contributed by atoms with E-state index in [1.165, 1.54) is 17.9 Å². The summed E-state index contributed by atoms with van der Waals surface area (Å²) in [7, 11) is 0. The Kier molecular flexibility index (Phi) is 5.85. The molecule has 1 aromatic heterocycles. The molecular formula is C17H19F2NO2S. The summed E-state index contributed by atoms with van der Waals surface area (Å²) in [6.45, 7) is 1.25. The number of aryl methyl sites for hydroxylation is 1.